The fraction of sp³-hybridized carbons (Fsp3) is 0.385. The minimum atomic E-state index is -0.489. The van der Waals surface area contributed by atoms with Crippen molar-refractivity contribution in [2.45, 2.75) is 25.7 Å². The maximum atomic E-state index is 12.0. The third-order valence-electron chi connectivity index (χ3n) is 3.21. The molecule has 0 aromatic heterocycles. The lowest BCUT2D eigenvalue weighted by molar-refractivity contribution is -0.110. The third-order valence-corrected chi connectivity index (χ3v) is 3.70. The predicted octanol–water partition coefficient (Wildman–Crippen LogP) is 3.13. The molecule has 1 aliphatic carbocycles. The maximum Gasteiger partial charge on any atom is 0.173 e. The van der Waals surface area contributed by atoms with Gasteiger partial charge in [-0.25, -0.2) is 0 Å². The van der Waals surface area contributed by atoms with E-state index in [-0.39, 0.29) is 11.2 Å². The van der Waals surface area contributed by atoms with Gasteiger partial charge < -0.3 is 4.79 Å². The van der Waals surface area contributed by atoms with Crippen LogP contribution in [0.4, 0.5) is 0 Å². The highest BCUT2D eigenvalue weighted by Gasteiger charge is 2.38. The Bertz CT molecular complexity index is 463. The van der Waals surface area contributed by atoms with Gasteiger partial charge in [-0.05, 0) is 29.5 Å². The molecule has 1 aromatic rings. The number of hydrogen-bond acceptors (Lipinski definition) is 2. The van der Waals surface area contributed by atoms with Gasteiger partial charge in [0.05, 0.1) is 5.92 Å². The van der Waals surface area contributed by atoms with Crippen molar-refractivity contribution in [2.75, 3.05) is 0 Å². The van der Waals surface area contributed by atoms with Crippen LogP contribution in [0.25, 0.3) is 0 Å². The van der Waals surface area contributed by atoms with E-state index in [4.69, 9.17) is 0 Å². The largest absolute Gasteiger partial charge is 0.303 e. The molecule has 84 valence electrons. The van der Waals surface area contributed by atoms with Crippen LogP contribution in [0.1, 0.15) is 36.2 Å². The number of carbonyl (C=O) groups excluding carboxylic acids is 2. The van der Waals surface area contributed by atoms with Crippen molar-refractivity contribution in [3.05, 3.63) is 33.8 Å². The molecule has 2 nitrogen and oxygen atoms in total. The van der Waals surface area contributed by atoms with Gasteiger partial charge in [0.25, 0.3) is 0 Å². The highest BCUT2D eigenvalue weighted by molar-refractivity contribution is 9.10. The molecule has 0 heterocycles. The first-order valence-electron chi connectivity index (χ1n) is 5.25. The number of halogens is 1. The molecule has 3 heteroatoms. The van der Waals surface area contributed by atoms with E-state index in [0.717, 1.165) is 16.3 Å². The summed E-state index contributed by atoms with van der Waals surface area (Å²) < 4.78 is 0.877. The van der Waals surface area contributed by atoms with Gasteiger partial charge >= 0.3 is 0 Å². The van der Waals surface area contributed by atoms with Gasteiger partial charge in [0, 0.05) is 10.0 Å². The standard InChI is InChI=1S/C13H13BrO2/c1-13(2)6-8(7-15)12(16)10-5-9(14)3-4-11(10)13/h3-5,7-8H,6H2,1-2H3. The van der Waals surface area contributed by atoms with Crippen molar-refractivity contribution < 1.29 is 9.59 Å². The van der Waals surface area contributed by atoms with E-state index in [9.17, 15) is 9.59 Å². The summed E-state index contributed by atoms with van der Waals surface area (Å²) in [6.07, 6.45) is 1.37. The second-order valence-corrected chi connectivity index (χ2v) is 5.80. The molecule has 1 aromatic carbocycles. The molecule has 0 N–H and O–H groups in total. The summed E-state index contributed by atoms with van der Waals surface area (Å²) in [6, 6.07) is 5.72. The minimum absolute atomic E-state index is 0.0503. The first-order valence-corrected chi connectivity index (χ1v) is 6.04. The van der Waals surface area contributed by atoms with E-state index < -0.39 is 5.92 Å². The van der Waals surface area contributed by atoms with E-state index in [1.165, 1.54) is 0 Å². The van der Waals surface area contributed by atoms with Crippen LogP contribution in [0.15, 0.2) is 22.7 Å². The summed E-state index contributed by atoms with van der Waals surface area (Å²) in [5, 5.41) is 0. The fourth-order valence-corrected chi connectivity index (χ4v) is 2.73. The Morgan fingerprint density at radius 1 is 1.44 bits per heavy atom. The fourth-order valence-electron chi connectivity index (χ4n) is 2.37. The van der Waals surface area contributed by atoms with E-state index in [1.807, 2.05) is 18.2 Å². The number of carbonyl (C=O) groups is 2. The molecule has 2 rings (SSSR count). The van der Waals surface area contributed by atoms with E-state index in [2.05, 4.69) is 29.8 Å². The van der Waals surface area contributed by atoms with Crippen LogP contribution in [0.3, 0.4) is 0 Å². The molecule has 0 saturated carbocycles. The molecular formula is C13H13BrO2. The summed E-state index contributed by atoms with van der Waals surface area (Å²) in [6.45, 7) is 4.14. The van der Waals surface area contributed by atoms with E-state index in [0.29, 0.717) is 12.0 Å². The zero-order valence-electron chi connectivity index (χ0n) is 9.29. The van der Waals surface area contributed by atoms with Crippen molar-refractivity contribution in [3.8, 4) is 0 Å². The molecule has 0 radical (unpaired) electrons. The Balaban J connectivity index is 2.63. The monoisotopic (exact) mass is 280 g/mol. The van der Waals surface area contributed by atoms with Gasteiger partial charge in [0.15, 0.2) is 5.78 Å². The van der Waals surface area contributed by atoms with Crippen LogP contribution in [0, 0.1) is 5.92 Å². The van der Waals surface area contributed by atoms with Gasteiger partial charge in [-0.2, -0.15) is 0 Å². The van der Waals surface area contributed by atoms with Crippen molar-refractivity contribution >= 4 is 28.0 Å². The smallest absolute Gasteiger partial charge is 0.173 e. The van der Waals surface area contributed by atoms with E-state index in [1.54, 1.807) is 0 Å². The van der Waals surface area contributed by atoms with Crippen LogP contribution in [0.2, 0.25) is 0 Å². The topological polar surface area (TPSA) is 34.1 Å². The molecule has 0 aliphatic heterocycles. The van der Waals surface area contributed by atoms with Gasteiger partial charge in [-0.3, -0.25) is 4.79 Å². The average molecular weight is 281 g/mol. The van der Waals surface area contributed by atoms with E-state index >= 15 is 0 Å². The molecule has 0 bridgehead atoms. The van der Waals surface area contributed by atoms with Crippen LogP contribution in [-0.4, -0.2) is 12.1 Å². The number of Topliss-reactive ketones (excluding diaryl/α,β-unsaturated/α-hetero) is 1. The minimum Gasteiger partial charge on any atom is -0.303 e. The number of fused-ring (bicyclic) bond motifs is 1. The third kappa shape index (κ3) is 1.73. The summed E-state index contributed by atoms with van der Waals surface area (Å²) in [5.74, 6) is -0.539. The average Bonchev–Trinajstić information content (AvgIpc) is 2.23. The number of hydrogen-bond donors (Lipinski definition) is 0. The molecule has 0 saturated heterocycles. The number of rotatable bonds is 1. The van der Waals surface area contributed by atoms with Crippen molar-refractivity contribution in [1.82, 2.24) is 0 Å². The quantitative estimate of drug-likeness (QED) is 0.585. The highest BCUT2D eigenvalue weighted by Crippen LogP contribution is 2.39. The Hall–Kier alpha value is -0.960. The molecule has 1 atom stereocenters. The molecule has 1 aliphatic rings. The molecule has 1 unspecified atom stereocenters. The Kier molecular flexibility index (Phi) is 2.74. The highest BCUT2D eigenvalue weighted by atomic mass is 79.9. The molecule has 0 fully saturated rings. The number of benzene rings is 1. The maximum absolute atomic E-state index is 12.0. The first kappa shape index (κ1) is 11.5. The second kappa shape index (κ2) is 3.81. The predicted molar refractivity (Wildman–Crippen MR) is 65.7 cm³/mol. The van der Waals surface area contributed by atoms with Crippen LogP contribution in [-0.2, 0) is 10.2 Å². The van der Waals surface area contributed by atoms with Crippen LogP contribution < -0.4 is 0 Å². The molecule has 0 amide bonds. The van der Waals surface area contributed by atoms with Crippen LogP contribution in [0.5, 0.6) is 0 Å². The lowest BCUT2D eigenvalue weighted by Gasteiger charge is -2.34. The number of ketones is 1. The SMILES string of the molecule is CC1(C)CC(C=O)C(=O)c2cc(Br)ccc21. The summed E-state index contributed by atoms with van der Waals surface area (Å²) >= 11 is 3.36. The second-order valence-electron chi connectivity index (χ2n) is 4.88. The summed E-state index contributed by atoms with van der Waals surface area (Å²) in [4.78, 5) is 23.0. The van der Waals surface area contributed by atoms with Crippen molar-refractivity contribution in [3.63, 3.8) is 0 Å². The lowest BCUT2D eigenvalue weighted by atomic mass is 9.68. The number of aldehydes is 1. The van der Waals surface area contributed by atoms with Gasteiger partial charge in [0.2, 0.25) is 0 Å². The first-order chi connectivity index (χ1) is 7.45. The zero-order chi connectivity index (χ0) is 11.9. The van der Waals surface area contributed by atoms with Crippen molar-refractivity contribution in [2.24, 2.45) is 5.92 Å². The lowest BCUT2D eigenvalue weighted by Crippen LogP contribution is -2.35. The summed E-state index contributed by atoms with van der Waals surface area (Å²) in [7, 11) is 0. The molecule has 16 heavy (non-hydrogen) atoms. The van der Waals surface area contributed by atoms with Gasteiger partial charge in [-0.15, -0.1) is 0 Å². The van der Waals surface area contributed by atoms with Crippen molar-refractivity contribution in [1.29, 1.82) is 0 Å². The zero-order valence-corrected chi connectivity index (χ0v) is 10.9. The molecule has 0 spiro atoms. The van der Waals surface area contributed by atoms with Gasteiger partial charge in [-0.1, -0.05) is 35.8 Å². The normalized spacial score (nSPS) is 22.7. The Morgan fingerprint density at radius 3 is 2.75 bits per heavy atom. The molecular weight excluding hydrogens is 268 g/mol. The Morgan fingerprint density at radius 2 is 2.12 bits per heavy atom. The van der Waals surface area contributed by atoms with Gasteiger partial charge in [0.1, 0.15) is 6.29 Å². The van der Waals surface area contributed by atoms with Crippen LogP contribution >= 0.6 is 15.9 Å². The Labute approximate surface area is 103 Å². The summed E-state index contributed by atoms with van der Waals surface area (Å²) in [5.41, 5.74) is 1.61.